The quantitative estimate of drug-likeness (QED) is 0.835. The van der Waals surface area contributed by atoms with Gasteiger partial charge in [0.2, 0.25) is 0 Å². The molecule has 0 spiro atoms. The van der Waals surface area contributed by atoms with Gasteiger partial charge in [-0.05, 0) is 36.5 Å². The molecule has 0 bridgehead atoms. The lowest BCUT2D eigenvalue weighted by molar-refractivity contribution is -0.0794. The fourth-order valence-electron chi connectivity index (χ4n) is 4.21. The highest BCUT2D eigenvalue weighted by Gasteiger charge is 2.49. The van der Waals surface area contributed by atoms with Crippen molar-refractivity contribution in [3.8, 4) is 0 Å². The zero-order chi connectivity index (χ0) is 17.8. The molecule has 0 saturated heterocycles. The van der Waals surface area contributed by atoms with Gasteiger partial charge < -0.3 is 9.88 Å². The minimum atomic E-state index is -2.57. The van der Waals surface area contributed by atoms with Gasteiger partial charge in [-0.2, -0.15) is 0 Å². The number of aromatic nitrogens is 4. The molecule has 5 nitrogen and oxygen atoms in total. The van der Waals surface area contributed by atoms with Crippen LogP contribution >= 0.6 is 11.6 Å². The topological polar surface area (TPSA) is 55.6 Å². The molecule has 0 radical (unpaired) electrons. The Morgan fingerprint density at radius 1 is 1.24 bits per heavy atom. The predicted molar refractivity (Wildman–Crippen MR) is 91.0 cm³/mol. The van der Waals surface area contributed by atoms with Gasteiger partial charge in [0.05, 0.1) is 5.41 Å². The van der Waals surface area contributed by atoms with Crippen molar-refractivity contribution in [3.05, 3.63) is 35.0 Å². The first-order chi connectivity index (χ1) is 11.8. The maximum atomic E-state index is 13.1. The second kappa shape index (κ2) is 5.62. The number of nitrogens with zero attached hydrogens (tertiary/aromatic N) is 4. The maximum Gasteiger partial charge on any atom is 0.252 e. The van der Waals surface area contributed by atoms with Gasteiger partial charge in [-0.25, -0.2) is 13.8 Å². The Morgan fingerprint density at radius 2 is 1.96 bits per heavy atom. The van der Waals surface area contributed by atoms with Crippen LogP contribution in [-0.2, 0) is 12.5 Å². The summed E-state index contributed by atoms with van der Waals surface area (Å²) >= 11 is 6.23. The average Bonchev–Trinajstić information content (AvgIpc) is 2.87. The minimum absolute atomic E-state index is 0.165. The second-order valence-corrected chi connectivity index (χ2v) is 7.92. The summed E-state index contributed by atoms with van der Waals surface area (Å²) in [6, 6.07) is 3.51. The first-order valence-electron chi connectivity index (χ1n) is 8.44. The van der Waals surface area contributed by atoms with Crippen LogP contribution in [0.15, 0.2) is 18.5 Å². The fourth-order valence-corrected chi connectivity index (χ4v) is 4.42. The van der Waals surface area contributed by atoms with Crippen molar-refractivity contribution in [2.24, 2.45) is 13.0 Å². The summed E-state index contributed by atoms with van der Waals surface area (Å²) in [5, 5.41) is 11.8. The van der Waals surface area contributed by atoms with E-state index in [2.05, 4.69) is 27.4 Å². The molecule has 2 aromatic rings. The third-order valence-corrected chi connectivity index (χ3v) is 5.52. The lowest BCUT2D eigenvalue weighted by Crippen LogP contribution is -2.45. The number of pyridine rings is 1. The molecule has 0 amide bonds. The third-order valence-electron chi connectivity index (χ3n) is 5.32. The summed E-state index contributed by atoms with van der Waals surface area (Å²) in [4.78, 5) is 4.26. The summed E-state index contributed by atoms with van der Waals surface area (Å²) in [5.41, 5.74) is 0.757. The van der Waals surface area contributed by atoms with Gasteiger partial charge in [-0.1, -0.05) is 18.5 Å². The van der Waals surface area contributed by atoms with Crippen molar-refractivity contribution in [1.82, 2.24) is 19.7 Å². The van der Waals surface area contributed by atoms with Gasteiger partial charge in [-0.15, -0.1) is 10.2 Å². The number of aryl methyl sites for hydroxylation is 1. The number of anilines is 1. The van der Waals surface area contributed by atoms with Crippen LogP contribution in [0.25, 0.3) is 0 Å². The molecule has 2 aliphatic carbocycles. The first-order valence-corrected chi connectivity index (χ1v) is 8.82. The summed E-state index contributed by atoms with van der Waals surface area (Å²) in [6.45, 7) is 2.20. The Bertz CT molecular complexity index is 792. The predicted octanol–water partition coefficient (Wildman–Crippen LogP) is 3.79. The molecule has 8 heteroatoms. The molecule has 2 saturated carbocycles. The molecule has 25 heavy (non-hydrogen) atoms. The van der Waals surface area contributed by atoms with E-state index in [1.165, 1.54) is 0 Å². The Labute approximate surface area is 149 Å². The van der Waals surface area contributed by atoms with Gasteiger partial charge >= 0.3 is 0 Å². The van der Waals surface area contributed by atoms with Crippen LogP contribution in [0.4, 0.5) is 14.6 Å². The zero-order valence-corrected chi connectivity index (χ0v) is 14.9. The highest BCUT2D eigenvalue weighted by atomic mass is 35.5. The SMILES string of the molecule is CC1CC(c2cc(Cl)nc(NC3CC(F)(F)C3)c2)(c2nncn2C)C1. The van der Waals surface area contributed by atoms with Gasteiger partial charge in [0.1, 0.15) is 23.1 Å². The Kier molecular flexibility index (Phi) is 3.76. The van der Waals surface area contributed by atoms with E-state index >= 15 is 0 Å². The minimum Gasteiger partial charge on any atom is -0.367 e. The molecule has 2 aliphatic rings. The molecule has 2 fully saturated rings. The van der Waals surface area contributed by atoms with Crippen LogP contribution in [0.2, 0.25) is 5.15 Å². The monoisotopic (exact) mass is 367 g/mol. The number of hydrogen-bond acceptors (Lipinski definition) is 4. The average molecular weight is 368 g/mol. The molecule has 0 unspecified atom stereocenters. The van der Waals surface area contributed by atoms with Crippen LogP contribution in [0.3, 0.4) is 0 Å². The number of alkyl halides is 2. The third kappa shape index (κ3) is 2.88. The van der Waals surface area contributed by atoms with Crippen molar-refractivity contribution >= 4 is 17.4 Å². The summed E-state index contributed by atoms with van der Waals surface area (Å²) < 4.78 is 28.1. The Balaban J connectivity index is 1.66. The van der Waals surface area contributed by atoms with E-state index in [9.17, 15) is 8.78 Å². The lowest BCUT2D eigenvalue weighted by Gasteiger charge is -2.46. The summed E-state index contributed by atoms with van der Waals surface area (Å²) in [7, 11) is 1.93. The maximum absolute atomic E-state index is 13.1. The first kappa shape index (κ1) is 16.7. The smallest absolute Gasteiger partial charge is 0.252 e. The van der Waals surface area contributed by atoms with E-state index in [-0.39, 0.29) is 24.3 Å². The lowest BCUT2D eigenvalue weighted by atomic mass is 9.58. The van der Waals surface area contributed by atoms with E-state index in [1.807, 2.05) is 23.7 Å². The molecule has 134 valence electrons. The summed E-state index contributed by atoms with van der Waals surface area (Å²) in [5.74, 6) is -0.550. The van der Waals surface area contributed by atoms with E-state index in [0.717, 1.165) is 24.2 Å². The van der Waals surface area contributed by atoms with E-state index in [4.69, 9.17) is 11.6 Å². The normalized spacial score (nSPS) is 28.3. The van der Waals surface area contributed by atoms with Crippen LogP contribution < -0.4 is 5.32 Å². The molecular weight excluding hydrogens is 348 g/mol. The number of hydrogen-bond donors (Lipinski definition) is 1. The molecule has 1 N–H and O–H groups in total. The van der Waals surface area contributed by atoms with Crippen molar-refractivity contribution in [2.45, 2.75) is 50.0 Å². The van der Waals surface area contributed by atoms with E-state index in [1.54, 1.807) is 6.33 Å². The molecule has 0 aliphatic heterocycles. The van der Waals surface area contributed by atoms with Gasteiger partial charge in [0.15, 0.2) is 0 Å². The van der Waals surface area contributed by atoms with Crippen molar-refractivity contribution in [3.63, 3.8) is 0 Å². The van der Waals surface area contributed by atoms with Crippen LogP contribution in [0.5, 0.6) is 0 Å². The largest absolute Gasteiger partial charge is 0.367 e. The molecule has 2 aromatic heterocycles. The van der Waals surface area contributed by atoms with Crippen molar-refractivity contribution in [1.29, 1.82) is 0 Å². The standard InChI is InChI=1S/C17H20ClF2N5/c1-10-5-16(6-10,15-24-21-9-25(15)2)11-3-13(18)23-14(4-11)22-12-7-17(19,20)8-12/h3-4,9-10,12H,5-8H2,1-2H3,(H,22,23). The highest BCUT2D eigenvalue weighted by Crippen LogP contribution is 2.52. The Morgan fingerprint density at radius 3 is 2.52 bits per heavy atom. The Hall–Kier alpha value is -1.76. The van der Waals surface area contributed by atoms with E-state index < -0.39 is 5.92 Å². The molecular formula is C17H20ClF2N5. The number of rotatable bonds is 4. The van der Waals surface area contributed by atoms with Crippen LogP contribution in [-0.4, -0.2) is 31.7 Å². The molecule has 4 rings (SSSR count). The van der Waals surface area contributed by atoms with Crippen LogP contribution in [0.1, 0.15) is 44.0 Å². The molecule has 0 atom stereocenters. The van der Waals surface area contributed by atoms with Gasteiger partial charge in [-0.3, -0.25) is 0 Å². The van der Waals surface area contributed by atoms with Crippen LogP contribution in [0, 0.1) is 5.92 Å². The van der Waals surface area contributed by atoms with Crippen molar-refractivity contribution in [2.75, 3.05) is 5.32 Å². The van der Waals surface area contributed by atoms with Crippen molar-refractivity contribution < 1.29 is 8.78 Å². The number of halogens is 3. The molecule has 0 aromatic carbocycles. The molecule has 2 heterocycles. The highest BCUT2D eigenvalue weighted by molar-refractivity contribution is 6.29. The van der Waals surface area contributed by atoms with Gasteiger partial charge in [0, 0.05) is 25.9 Å². The second-order valence-electron chi connectivity index (χ2n) is 7.53. The zero-order valence-electron chi connectivity index (χ0n) is 14.1. The van der Waals surface area contributed by atoms with E-state index in [0.29, 0.717) is 16.9 Å². The van der Waals surface area contributed by atoms with Gasteiger partial charge in [0.25, 0.3) is 5.92 Å². The summed E-state index contributed by atoms with van der Waals surface area (Å²) in [6.07, 6.45) is 3.25. The number of nitrogens with one attached hydrogen (secondary N) is 1. The fraction of sp³-hybridized carbons (Fsp3) is 0.588.